The summed E-state index contributed by atoms with van der Waals surface area (Å²) >= 11 is 1.77. The molecule has 0 atom stereocenters. The van der Waals surface area contributed by atoms with E-state index in [0.717, 1.165) is 11.2 Å². The Morgan fingerprint density at radius 2 is 2.00 bits per heavy atom. The Balaban J connectivity index is 2.20. The molecule has 0 saturated heterocycles. The monoisotopic (exact) mass is 225 g/mol. The molecule has 0 radical (unpaired) electrons. The Kier molecular flexibility index (Phi) is 2.22. The molecule has 0 aliphatic rings. The molecule has 3 rings (SSSR count). The minimum Gasteiger partial charge on any atom is -0.253 e. The first-order valence-electron chi connectivity index (χ1n) is 5.24. The normalized spacial score (nSPS) is 10.8. The van der Waals surface area contributed by atoms with Gasteiger partial charge in [0.2, 0.25) is 0 Å². The summed E-state index contributed by atoms with van der Waals surface area (Å²) in [6.45, 7) is 2.02. The van der Waals surface area contributed by atoms with Crippen LogP contribution in [0.25, 0.3) is 21.3 Å². The van der Waals surface area contributed by atoms with Gasteiger partial charge in [-0.1, -0.05) is 18.2 Å². The third-order valence-corrected chi connectivity index (χ3v) is 3.55. The van der Waals surface area contributed by atoms with E-state index in [9.17, 15) is 0 Å². The topological polar surface area (TPSA) is 12.9 Å². The summed E-state index contributed by atoms with van der Waals surface area (Å²) < 4.78 is 0. The van der Waals surface area contributed by atoms with E-state index in [-0.39, 0.29) is 0 Å². The number of hydrogen-bond donors (Lipinski definition) is 0. The van der Waals surface area contributed by atoms with Crippen LogP contribution in [0.5, 0.6) is 0 Å². The predicted octanol–water partition coefficient (Wildman–Crippen LogP) is 4.27. The van der Waals surface area contributed by atoms with Crippen molar-refractivity contribution in [2.75, 3.05) is 0 Å². The minimum absolute atomic E-state index is 1.07. The first-order valence-corrected chi connectivity index (χ1v) is 6.12. The van der Waals surface area contributed by atoms with Crippen LogP contribution in [0.15, 0.2) is 47.8 Å². The number of pyridine rings is 1. The van der Waals surface area contributed by atoms with E-state index in [4.69, 9.17) is 0 Å². The molecule has 0 N–H and O–H groups in total. The van der Waals surface area contributed by atoms with E-state index in [1.807, 2.05) is 6.92 Å². The van der Waals surface area contributed by atoms with Crippen molar-refractivity contribution in [3.05, 3.63) is 53.5 Å². The van der Waals surface area contributed by atoms with Gasteiger partial charge in [0, 0.05) is 16.0 Å². The van der Waals surface area contributed by atoms with Gasteiger partial charge < -0.3 is 0 Å². The predicted molar refractivity (Wildman–Crippen MR) is 69.8 cm³/mol. The minimum atomic E-state index is 1.07. The van der Waals surface area contributed by atoms with Crippen molar-refractivity contribution in [2.45, 2.75) is 6.92 Å². The highest BCUT2D eigenvalue weighted by molar-refractivity contribution is 7.13. The summed E-state index contributed by atoms with van der Waals surface area (Å²) in [5, 5.41) is 3.31. The highest BCUT2D eigenvalue weighted by atomic mass is 32.1. The quantitative estimate of drug-likeness (QED) is 0.602. The van der Waals surface area contributed by atoms with Crippen LogP contribution < -0.4 is 0 Å². The lowest BCUT2D eigenvalue weighted by Gasteiger charge is -2.02. The Bertz CT molecular complexity index is 626. The van der Waals surface area contributed by atoms with E-state index >= 15 is 0 Å². The Morgan fingerprint density at radius 3 is 2.81 bits per heavy atom. The zero-order valence-corrected chi connectivity index (χ0v) is 9.79. The van der Waals surface area contributed by atoms with Crippen molar-refractivity contribution in [3.8, 4) is 10.4 Å². The fraction of sp³-hybridized carbons (Fsp3) is 0.0714. The van der Waals surface area contributed by atoms with E-state index in [0.29, 0.717) is 0 Å². The van der Waals surface area contributed by atoms with Crippen LogP contribution in [0.4, 0.5) is 0 Å². The number of aryl methyl sites for hydroxylation is 1. The first-order chi connectivity index (χ1) is 7.83. The van der Waals surface area contributed by atoms with Crippen molar-refractivity contribution >= 4 is 22.2 Å². The van der Waals surface area contributed by atoms with Crippen LogP contribution in [0.2, 0.25) is 0 Å². The third-order valence-electron chi connectivity index (χ3n) is 2.63. The molecule has 0 fully saturated rings. The zero-order valence-electron chi connectivity index (χ0n) is 8.97. The number of hydrogen-bond acceptors (Lipinski definition) is 2. The van der Waals surface area contributed by atoms with Gasteiger partial charge in [-0.15, -0.1) is 11.3 Å². The van der Waals surface area contributed by atoms with E-state index < -0.39 is 0 Å². The maximum atomic E-state index is 4.50. The SMILES string of the molecule is Cc1ccc2cc(-c3cccs3)ccc2n1. The Hall–Kier alpha value is -1.67. The average molecular weight is 225 g/mol. The molecular formula is C14H11NS. The van der Waals surface area contributed by atoms with Gasteiger partial charge in [0.25, 0.3) is 0 Å². The molecule has 0 bridgehead atoms. The van der Waals surface area contributed by atoms with Gasteiger partial charge in [-0.05, 0) is 42.1 Å². The number of thiophene rings is 1. The van der Waals surface area contributed by atoms with Crippen LogP contribution in [-0.2, 0) is 0 Å². The summed E-state index contributed by atoms with van der Waals surface area (Å²) in [6, 6.07) is 14.9. The van der Waals surface area contributed by atoms with E-state index in [1.165, 1.54) is 15.8 Å². The molecule has 1 aromatic carbocycles. The molecule has 1 nitrogen and oxygen atoms in total. The number of aromatic nitrogens is 1. The van der Waals surface area contributed by atoms with Crippen LogP contribution in [0.1, 0.15) is 5.69 Å². The van der Waals surface area contributed by atoms with Gasteiger partial charge in [0.05, 0.1) is 5.52 Å². The summed E-state index contributed by atoms with van der Waals surface area (Å²) in [5.74, 6) is 0. The van der Waals surface area contributed by atoms with Crippen molar-refractivity contribution in [2.24, 2.45) is 0 Å². The molecule has 0 aliphatic heterocycles. The molecule has 0 aliphatic carbocycles. The standard InChI is InChI=1S/C14H11NS/c1-10-4-5-11-9-12(6-7-13(11)15-10)14-3-2-8-16-14/h2-9H,1H3. The molecule has 0 saturated carbocycles. The molecule has 0 amide bonds. The smallest absolute Gasteiger partial charge is 0.0705 e. The second-order valence-corrected chi connectivity index (χ2v) is 4.79. The van der Waals surface area contributed by atoms with Crippen LogP contribution in [0.3, 0.4) is 0 Å². The molecule has 16 heavy (non-hydrogen) atoms. The van der Waals surface area contributed by atoms with E-state index in [1.54, 1.807) is 11.3 Å². The second kappa shape index (κ2) is 3.72. The lowest BCUT2D eigenvalue weighted by Crippen LogP contribution is -1.83. The Labute approximate surface area is 98.4 Å². The van der Waals surface area contributed by atoms with Gasteiger partial charge in [-0.25, -0.2) is 0 Å². The number of benzene rings is 1. The molecule has 78 valence electrons. The lowest BCUT2D eigenvalue weighted by molar-refractivity contribution is 1.26. The van der Waals surface area contributed by atoms with Crippen LogP contribution in [-0.4, -0.2) is 4.98 Å². The van der Waals surface area contributed by atoms with Gasteiger partial charge in [-0.2, -0.15) is 0 Å². The van der Waals surface area contributed by atoms with Crippen molar-refractivity contribution in [1.82, 2.24) is 4.98 Å². The van der Waals surface area contributed by atoms with Crippen LogP contribution >= 0.6 is 11.3 Å². The molecular weight excluding hydrogens is 214 g/mol. The van der Waals surface area contributed by atoms with Gasteiger partial charge in [0.1, 0.15) is 0 Å². The van der Waals surface area contributed by atoms with E-state index in [2.05, 4.69) is 52.8 Å². The number of nitrogens with zero attached hydrogens (tertiary/aromatic N) is 1. The molecule has 2 heterocycles. The van der Waals surface area contributed by atoms with Crippen molar-refractivity contribution in [1.29, 1.82) is 0 Å². The fourth-order valence-electron chi connectivity index (χ4n) is 1.82. The molecule has 0 unspecified atom stereocenters. The third kappa shape index (κ3) is 1.61. The van der Waals surface area contributed by atoms with Crippen molar-refractivity contribution < 1.29 is 0 Å². The molecule has 0 spiro atoms. The summed E-state index contributed by atoms with van der Waals surface area (Å²) in [5.41, 5.74) is 3.41. The van der Waals surface area contributed by atoms with Crippen LogP contribution in [0, 0.1) is 6.92 Å². The van der Waals surface area contributed by atoms with Gasteiger partial charge >= 0.3 is 0 Å². The zero-order chi connectivity index (χ0) is 11.0. The Morgan fingerprint density at radius 1 is 1.06 bits per heavy atom. The highest BCUT2D eigenvalue weighted by Crippen LogP contribution is 2.27. The molecule has 3 aromatic rings. The maximum absolute atomic E-state index is 4.50. The average Bonchev–Trinajstić information content (AvgIpc) is 2.82. The maximum Gasteiger partial charge on any atom is 0.0705 e. The number of fused-ring (bicyclic) bond motifs is 1. The largest absolute Gasteiger partial charge is 0.253 e. The summed E-state index contributed by atoms with van der Waals surface area (Å²) in [4.78, 5) is 5.81. The summed E-state index contributed by atoms with van der Waals surface area (Å²) in [6.07, 6.45) is 0. The molecule has 2 aromatic heterocycles. The molecule has 2 heteroatoms. The highest BCUT2D eigenvalue weighted by Gasteiger charge is 2.01. The fourth-order valence-corrected chi connectivity index (χ4v) is 2.55. The van der Waals surface area contributed by atoms with Gasteiger partial charge in [0.15, 0.2) is 0 Å². The second-order valence-electron chi connectivity index (χ2n) is 3.84. The lowest BCUT2D eigenvalue weighted by atomic mass is 10.1. The first kappa shape index (κ1) is 9.55. The van der Waals surface area contributed by atoms with Gasteiger partial charge in [-0.3, -0.25) is 4.98 Å². The number of rotatable bonds is 1. The summed E-state index contributed by atoms with van der Waals surface area (Å²) in [7, 11) is 0. The van der Waals surface area contributed by atoms with Crippen molar-refractivity contribution in [3.63, 3.8) is 0 Å².